The number of esters is 4. The molecule has 0 aromatic heterocycles. The molecular weight excluding hydrogens is 1190 g/mol. The van der Waals surface area contributed by atoms with E-state index in [2.05, 4.69) is 6.58 Å². The molecule has 4 aromatic carbocycles. The fraction of sp³-hybridized carbons (Fsp3) is 0.390. The fourth-order valence-electron chi connectivity index (χ4n) is 5.95. The number of carbonyl (C=O) groups excluding carboxylic acids is 6. The van der Waals surface area contributed by atoms with E-state index in [0.29, 0.717) is 21.2 Å². The van der Waals surface area contributed by atoms with Gasteiger partial charge >= 0.3 is 36.2 Å². The average Bonchev–Trinajstić information content (AvgIpc) is 3.46. The van der Waals surface area contributed by atoms with Gasteiger partial charge in [0.15, 0.2) is 0 Å². The van der Waals surface area contributed by atoms with Gasteiger partial charge in [0.2, 0.25) is 0 Å². The van der Waals surface area contributed by atoms with E-state index in [-0.39, 0.29) is 73.2 Å². The van der Waals surface area contributed by atoms with Crippen LogP contribution < -0.4 is 0 Å². The second kappa shape index (κ2) is 42.6. The van der Waals surface area contributed by atoms with Gasteiger partial charge in [0, 0.05) is 23.3 Å². The molecule has 0 spiro atoms. The van der Waals surface area contributed by atoms with Crippen LogP contribution in [0.25, 0.3) is 0 Å². The van der Waals surface area contributed by atoms with Crippen molar-refractivity contribution >= 4 is 149 Å². The van der Waals surface area contributed by atoms with Crippen LogP contribution >= 0.6 is 95.9 Å². The van der Waals surface area contributed by atoms with E-state index in [0.717, 1.165) is 30.6 Å². The van der Waals surface area contributed by atoms with Crippen molar-refractivity contribution in [3.05, 3.63) is 156 Å². The summed E-state index contributed by atoms with van der Waals surface area (Å²) in [4.78, 5) is 72.1. The summed E-state index contributed by atoms with van der Waals surface area (Å²) < 4.78 is 43.8. The summed E-state index contributed by atoms with van der Waals surface area (Å²) in [5.74, 6) is -1.64. The second-order valence-electron chi connectivity index (χ2n) is 17.5. The Labute approximate surface area is 515 Å². The van der Waals surface area contributed by atoms with Crippen molar-refractivity contribution in [2.24, 2.45) is 0 Å². The fourth-order valence-corrected chi connectivity index (χ4v) is 10.8. The Balaban J connectivity index is 0.000000533. The monoisotopic (exact) mass is 1260 g/mol. The van der Waals surface area contributed by atoms with Crippen molar-refractivity contribution in [1.29, 1.82) is 0 Å². The summed E-state index contributed by atoms with van der Waals surface area (Å²) in [5.41, 5.74) is 3.70. The minimum absolute atomic E-state index is 0.0409. The molecule has 0 fully saturated rings. The van der Waals surface area contributed by atoms with Gasteiger partial charge in [-0.05, 0) is 69.7 Å². The van der Waals surface area contributed by atoms with E-state index in [1.807, 2.05) is 142 Å². The van der Waals surface area contributed by atoms with Crippen LogP contribution in [0.4, 0.5) is 9.59 Å². The minimum atomic E-state index is -0.958. The van der Waals surface area contributed by atoms with Gasteiger partial charge < -0.3 is 37.9 Å². The third-order valence-electron chi connectivity index (χ3n) is 9.90. The Morgan fingerprint density at radius 2 is 0.704 bits per heavy atom. The first kappa shape index (κ1) is 71.9. The summed E-state index contributed by atoms with van der Waals surface area (Å²) in [6.07, 6.45) is -1.22. The zero-order chi connectivity index (χ0) is 60.0. The topological polar surface area (TPSA) is 176 Å². The van der Waals surface area contributed by atoms with Crippen LogP contribution in [-0.2, 0) is 57.1 Å². The van der Waals surface area contributed by atoms with Crippen molar-refractivity contribution in [1.82, 2.24) is 0 Å². The van der Waals surface area contributed by atoms with E-state index in [9.17, 15) is 28.8 Å². The van der Waals surface area contributed by atoms with Gasteiger partial charge in [-0.3, -0.25) is 19.2 Å². The molecule has 0 aliphatic carbocycles. The highest BCUT2D eigenvalue weighted by Crippen LogP contribution is 2.24. The molecule has 0 aliphatic heterocycles. The maximum absolute atomic E-state index is 12.2. The third-order valence-corrected chi connectivity index (χ3v) is 16.1. The third kappa shape index (κ3) is 34.8. The van der Waals surface area contributed by atoms with Crippen molar-refractivity contribution < 1.29 is 66.7 Å². The molecule has 4 aromatic rings. The normalized spacial score (nSPS) is 12.6. The minimum Gasteiger partial charge on any atom is -0.462 e. The van der Waals surface area contributed by atoms with Crippen LogP contribution in [0.2, 0.25) is 0 Å². The Bertz CT molecular complexity index is 2590. The number of allylic oxidation sites excluding steroid dienone is 1. The summed E-state index contributed by atoms with van der Waals surface area (Å²) in [7, 11) is 0. The molecule has 438 valence electrons. The summed E-state index contributed by atoms with van der Waals surface area (Å²) in [6, 6.07) is 38.2. The smallest absolute Gasteiger partial charge is 0.462 e. The van der Waals surface area contributed by atoms with E-state index in [1.165, 1.54) is 23.5 Å². The van der Waals surface area contributed by atoms with Crippen molar-refractivity contribution in [3.63, 3.8) is 0 Å². The molecule has 0 radical (unpaired) electrons. The zero-order valence-electron chi connectivity index (χ0n) is 46.3. The van der Waals surface area contributed by atoms with Crippen LogP contribution in [0.5, 0.6) is 0 Å². The number of benzene rings is 4. The molecule has 0 saturated heterocycles. The largest absolute Gasteiger partial charge is 0.508 e. The lowest BCUT2D eigenvalue weighted by Crippen LogP contribution is -2.27. The molecular formula is C59H70O14S8. The lowest BCUT2D eigenvalue weighted by molar-refractivity contribution is -0.151. The number of ether oxygens (including phenoxy) is 8. The maximum Gasteiger partial charge on any atom is 0.508 e. The first-order valence-corrected chi connectivity index (χ1v) is 31.0. The number of rotatable bonds is 28. The highest BCUT2D eigenvalue weighted by Gasteiger charge is 2.21. The van der Waals surface area contributed by atoms with Gasteiger partial charge in [-0.1, -0.05) is 190 Å². The van der Waals surface area contributed by atoms with Crippen molar-refractivity contribution in [3.8, 4) is 0 Å². The number of hydrogen-bond acceptors (Lipinski definition) is 22. The Hall–Kier alpha value is -5.20. The van der Waals surface area contributed by atoms with Gasteiger partial charge in [0.1, 0.15) is 50.8 Å². The predicted octanol–water partition coefficient (Wildman–Crippen LogP) is 14.0. The quantitative estimate of drug-likeness (QED) is 0.0227. The van der Waals surface area contributed by atoms with Crippen LogP contribution in [0.3, 0.4) is 0 Å². The van der Waals surface area contributed by atoms with Gasteiger partial charge in [0.05, 0.1) is 28.3 Å². The Morgan fingerprint density at radius 3 is 1.07 bits per heavy atom. The van der Waals surface area contributed by atoms with Gasteiger partial charge in [0.25, 0.3) is 0 Å². The SMILES string of the molecule is C=CC.CC(COC(=O)OC(C)COC(=O)CCC(C)SC(=S)c1ccccc1)OC(=O)CCC(C)SC(=S)c1ccccc1.CC(COC(=O)OC(C)COC(=O)CSC(=S)c1ccccc1)OC(=O)CSC(=S)c1ccccc1. The molecule has 0 bridgehead atoms. The van der Waals surface area contributed by atoms with Crippen LogP contribution in [0.1, 0.15) is 96.4 Å². The standard InChI is InChI=1S/C31H38O7S4.C25H26O7S4.C3H6/c1-21(37-28(33)18-16-24(4)42-30(40)26-13-9-6-10-14-26)20-36-31(34)38-22(2)19-35-27(32)17-15-23(3)41-29(39)25-11-7-5-8-12-25;1-17(31-22(27)16-36-24(34)20-11-7-4-8-12-20)14-30-25(28)32-18(2)13-29-21(26)15-35-23(33)19-9-5-3-6-10-19;1-3-2/h5-14,21-24H,15-20H2,1-4H3;3-12,17-18H,13-16H2,1-2H3;3H,1H2,2H3. The summed E-state index contributed by atoms with van der Waals surface area (Å²) >= 11 is 27.0. The molecule has 4 rings (SSSR count). The predicted molar refractivity (Wildman–Crippen MR) is 343 cm³/mol. The second-order valence-corrected chi connectivity index (χ2v) is 25.0. The zero-order valence-corrected chi connectivity index (χ0v) is 52.9. The summed E-state index contributed by atoms with van der Waals surface area (Å²) in [6.45, 7) is 15.1. The van der Waals surface area contributed by atoms with Crippen LogP contribution in [0, 0.1) is 0 Å². The van der Waals surface area contributed by atoms with E-state index < -0.39 is 48.7 Å². The number of carbonyl (C=O) groups is 6. The molecule has 0 N–H and O–H groups in total. The Kier molecular flexibility index (Phi) is 37.8. The maximum atomic E-state index is 12.2. The summed E-state index contributed by atoms with van der Waals surface area (Å²) in [5, 5.41) is 0.285. The molecule has 81 heavy (non-hydrogen) atoms. The van der Waals surface area contributed by atoms with Gasteiger partial charge in [-0.15, -0.1) is 53.6 Å². The first-order valence-electron chi connectivity index (χ1n) is 25.6. The lowest BCUT2D eigenvalue weighted by Gasteiger charge is -2.17. The highest BCUT2D eigenvalue weighted by atomic mass is 32.2. The molecule has 22 heteroatoms. The first-order chi connectivity index (χ1) is 38.7. The number of thiocarbonyl (C=S) groups is 4. The number of thioether (sulfide) groups is 4. The van der Waals surface area contributed by atoms with E-state index in [4.69, 9.17) is 86.8 Å². The molecule has 6 atom stereocenters. The number of hydrogen-bond donors (Lipinski definition) is 0. The van der Waals surface area contributed by atoms with Gasteiger partial charge in [-0.25, -0.2) is 9.59 Å². The van der Waals surface area contributed by atoms with Gasteiger partial charge in [-0.2, -0.15) is 0 Å². The average molecular weight is 1260 g/mol. The molecule has 0 saturated carbocycles. The van der Waals surface area contributed by atoms with Crippen molar-refractivity contribution in [2.75, 3.05) is 37.9 Å². The van der Waals surface area contributed by atoms with E-state index >= 15 is 0 Å². The molecule has 0 heterocycles. The molecule has 0 aliphatic rings. The Morgan fingerprint density at radius 1 is 0.420 bits per heavy atom. The highest BCUT2D eigenvalue weighted by molar-refractivity contribution is 8.25. The van der Waals surface area contributed by atoms with E-state index in [1.54, 1.807) is 57.3 Å². The molecule has 6 unspecified atom stereocenters. The molecule has 14 nitrogen and oxygen atoms in total. The van der Waals surface area contributed by atoms with Crippen molar-refractivity contribution in [2.45, 2.75) is 109 Å². The van der Waals surface area contributed by atoms with Crippen LogP contribution in [-0.4, -0.2) is 126 Å². The van der Waals surface area contributed by atoms with Crippen LogP contribution in [0.15, 0.2) is 134 Å². The molecule has 0 amide bonds. The lowest BCUT2D eigenvalue weighted by atomic mass is 10.2.